The number of carbonyl (C=O) groups is 1. The summed E-state index contributed by atoms with van der Waals surface area (Å²) in [7, 11) is -3.69. The van der Waals surface area contributed by atoms with Gasteiger partial charge in [0.2, 0.25) is 9.84 Å². The number of Topliss-reactive ketones (excluding diaryl/α,β-unsaturated/α-hetero) is 1. The number of carbonyl (C=O) groups excluding carboxylic acids is 1. The predicted octanol–water partition coefficient (Wildman–Crippen LogP) is 4.03. The third-order valence-electron chi connectivity index (χ3n) is 4.58. The van der Waals surface area contributed by atoms with E-state index in [-0.39, 0.29) is 20.6 Å². The van der Waals surface area contributed by atoms with Crippen LogP contribution in [0.4, 0.5) is 0 Å². The van der Waals surface area contributed by atoms with E-state index in [9.17, 15) is 13.2 Å². The van der Waals surface area contributed by atoms with Crippen molar-refractivity contribution in [3.05, 3.63) is 89.6 Å². The highest BCUT2D eigenvalue weighted by molar-refractivity contribution is 7.91. The molecule has 0 N–H and O–H groups in total. The Bertz CT molecular complexity index is 1300. The number of sulfone groups is 1. The maximum atomic E-state index is 12.7. The zero-order chi connectivity index (χ0) is 20.4. The van der Waals surface area contributed by atoms with Crippen LogP contribution in [0.3, 0.4) is 0 Å². The van der Waals surface area contributed by atoms with Crippen LogP contribution in [0.2, 0.25) is 5.02 Å². The second kappa shape index (κ2) is 7.77. The third kappa shape index (κ3) is 4.06. The molecule has 0 radical (unpaired) electrons. The summed E-state index contributed by atoms with van der Waals surface area (Å²) < 4.78 is 27.1. The lowest BCUT2D eigenvalue weighted by molar-refractivity contribution is 0.0982. The molecular weight excluding hydrogens is 410 g/mol. The summed E-state index contributed by atoms with van der Waals surface area (Å²) in [5.74, 6) is 0.0160. The molecule has 0 unspecified atom stereocenters. The van der Waals surface area contributed by atoms with Gasteiger partial charge in [0.05, 0.1) is 14.8 Å². The van der Waals surface area contributed by atoms with Crippen LogP contribution in [0.15, 0.2) is 83.2 Å². The lowest BCUT2D eigenvalue weighted by Crippen LogP contribution is -2.04. The Morgan fingerprint density at radius 3 is 2.59 bits per heavy atom. The van der Waals surface area contributed by atoms with Crippen molar-refractivity contribution in [3.8, 4) is 0 Å². The van der Waals surface area contributed by atoms with Crippen LogP contribution in [0.5, 0.6) is 0 Å². The van der Waals surface area contributed by atoms with Crippen LogP contribution < -0.4 is 0 Å². The number of pyridine rings is 2. The van der Waals surface area contributed by atoms with Crippen LogP contribution >= 0.6 is 11.6 Å². The minimum Gasteiger partial charge on any atom is -0.306 e. The van der Waals surface area contributed by atoms with Gasteiger partial charge >= 0.3 is 0 Å². The summed E-state index contributed by atoms with van der Waals surface area (Å²) >= 11 is 5.85. The van der Waals surface area contributed by atoms with E-state index >= 15 is 0 Å². The van der Waals surface area contributed by atoms with E-state index < -0.39 is 9.84 Å². The minimum atomic E-state index is -3.69. The van der Waals surface area contributed by atoms with Crippen molar-refractivity contribution in [2.45, 2.75) is 22.6 Å². The van der Waals surface area contributed by atoms with Crippen molar-refractivity contribution in [1.29, 1.82) is 0 Å². The predicted molar refractivity (Wildman–Crippen MR) is 109 cm³/mol. The van der Waals surface area contributed by atoms with Gasteiger partial charge in [0.1, 0.15) is 5.65 Å². The largest absolute Gasteiger partial charge is 0.306 e. The first-order valence-corrected chi connectivity index (χ1v) is 10.7. The highest BCUT2D eigenvalue weighted by Gasteiger charge is 2.18. The molecule has 0 atom stereocenters. The van der Waals surface area contributed by atoms with Gasteiger partial charge in [-0.3, -0.25) is 9.78 Å². The van der Waals surface area contributed by atoms with Gasteiger partial charge < -0.3 is 4.40 Å². The van der Waals surface area contributed by atoms with Crippen LogP contribution in [0.1, 0.15) is 22.3 Å². The number of rotatable bonds is 6. The number of hydrogen-bond acceptors (Lipinski definition) is 5. The average Bonchev–Trinajstić information content (AvgIpc) is 3.20. The number of aromatic nitrogens is 3. The van der Waals surface area contributed by atoms with Gasteiger partial charge in [0, 0.05) is 43.0 Å². The van der Waals surface area contributed by atoms with Gasteiger partial charge in [-0.1, -0.05) is 23.7 Å². The number of halogens is 1. The van der Waals surface area contributed by atoms with Gasteiger partial charge in [-0.2, -0.15) is 0 Å². The second-order valence-corrected chi connectivity index (χ2v) is 8.91. The zero-order valence-electron chi connectivity index (χ0n) is 15.2. The van der Waals surface area contributed by atoms with Crippen LogP contribution in [-0.4, -0.2) is 28.6 Å². The summed E-state index contributed by atoms with van der Waals surface area (Å²) in [6.07, 6.45) is 8.72. The zero-order valence-corrected chi connectivity index (χ0v) is 16.8. The van der Waals surface area contributed by atoms with Crippen molar-refractivity contribution < 1.29 is 13.2 Å². The molecule has 0 saturated carbocycles. The topological polar surface area (TPSA) is 81.4 Å². The van der Waals surface area contributed by atoms with Crippen LogP contribution in [0, 0.1) is 0 Å². The fourth-order valence-corrected chi connectivity index (χ4v) is 4.48. The number of hydrogen-bond donors (Lipinski definition) is 0. The third-order valence-corrected chi connectivity index (χ3v) is 6.52. The van der Waals surface area contributed by atoms with E-state index in [0.717, 1.165) is 11.2 Å². The van der Waals surface area contributed by atoms with Crippen molar-refractivity contribution in [2.24, 2.45) is 0 Å². The molecule has 4 rings (SSSR count). The highest BCUT2D eigenvalue weighted by atomic mass is 35.5. The Labute approximate surface area is 172 Å². The molecular formula is C21H16ClN3O3S. The van der Waals surface area contributed by atoms with E-state index in [1.807, 2.05) is 0 Å². The molecule has 0 amide bonds. The molecule has 0 bridgehead atoms. The highest BCUT2D eigenvalue weighted by Crippen LogP contribution is 2.23. The van der Waals surface area contributed by atoms with E-state index in [1.54, 1.807) is 47.3 Å². The van der Waals surface area contributed by atoms with Gasteiger partial charge in [0.25, 0.3) is 0 Å². The summed E-state index contributed by atoms with van der Waals surface area (Å²) in [4.78, 5) is 20.7. The summed E-state index contributed by atoms with van der Waals surface area (Å²) in [5.41, 5.74) is 2.28. The minimum absolute atomic E-state index is 0.0160. The molecule has 0 aliphatic heterocycles. The molecule has 0 aliphatic rings. The van der Waals surface area contributed by atoms with E-state index in [4.69, 9.17) is 11.6 Å². The molecule has 3 aromatic heterocycles. The van der Waals surface area contributed by atoms with Crippen LogP contribution in [0.25, 0.3) is 5.65 Å². The summed E-state index contributed by atoms with van der Waals surface area (Å²) in [6.45, 7) is 0. The van der Waals surface area contributed by atoms with E-state index in [0.29, 0.717) is 18.4 Å². The Morgan fingerprint density at radius 1 is 1.03 bits per heavy atom. The molecule has 0 saturated heterocycles. The van der Waals surface area contributed by atoms with Gasteiger partial charge in [-0.15, -0.1) is 0 Å². The molecule has 0 fully saturated rings. The number of imidazole rings is 1. The maximum Gasteiger partial charge on any atom is 0.208 e. The Morgan fingerprint density at radius 2 is 1.83 bits per heavy atom. The molecule has 3 heterocycles. The van der Waals surface area contributed by atoms with Crippen molar-refractivity contribution in [1.82, 2.24) is 14.4 Å². The van der Waals surface area contributed by atoms with Crippen molar-refractivity contribution >= 4 is 32.9 Å². The first kappa shape index (κ1) is 19.3. The normalized spacial score (nSPS) is 11.6. The first-order valence-electron chi connectivity index (χ1n) is 8.84. The fourth-order valence-electron chi connectivity index (χ4n) is 3.00. The Hall–Kier alpha value is -3.03. The number of fused-ring (bicyclic) bond motifs is 1. The molecule has 146 valence electrons. The van der Waals surface area contributed by atoms with Crippen LogP contribution in [-0.2, 0) is 16.3 Å². The van der Waals surface area contributed by atoms with Gasteiger partial charge in [0.15, 0.2) is 5.78 Å². The molecule has 29 heavy (non-hydrogen) atoms. The van der Waals surface area contributed by atoms with Crippen molar-refractivity contribution in [3.63, 3.8) is 0 Å². The molecule has 1 aromatic carbocycles. The molecule has 4 aromatic rings. The van der Waals surface area contributed by atoms with Gasteiger partial charge in [-0.25, -0.2) is 13.4 Å². The fraction of sp³-hybridized carbons (Fsp3) is 0.0952. The maximum absolute atomic E-state index is 12.7. The first-order chi connectivity index (χ1) is 13.9. The number of ketones is 1. The SMILES string of the molecule is O=C(CCc1ccc(S(=O)(=O)c2cncc(Cl)c2)cc1)c1ccc2nccn2c1. The van der Waals surface area contributed by atoms with E-state index in [2.05, 4.69) is 9.97 Å². The molecule has 0 spiro atoms. The summed E-state index contributed by atoms with van der Waals surface area (Å²) in [6, 6.07) is 11.4. The monoisotopic (exact) mass is 425 g/mol. The quantitative estimate of drug-likeness (QED) is 0.435. The smallest absolute Gasteiger partial charge is 0.208 e. The lowest BCUT2D eigenvalue weighted by atomic mass is 10.0. The molecule has 0 aliphatic carbocycles. The molecule has 8 heteroatoms. The number of benzene rings is 1. The van der Waals surface area contributed by atoms with Gasteiger partial charge in [-0.05, 0) is 42.3 Å². The number of nitrogens with zero attached hydrogens (tertiary/aromatic N) is 3. The number of aryl methyl sites for hydroxylation is 1. The average molecular weight is 426 g/mol. The van der Waals surface area contributed by atoms with Crippen molar-refractivity contribution in [2.75, 3.05) is 0 Å². The standard InChI is InChI=1S/C21H16ClN3O3S/c22-17-11-19(13-23-12-17)29(27,28)18-5-1-15(2-6-18)3-7-20(26)16-4-8-21-24-9-10-25(21)14-16/h1-2,4-6,8-14H,3,7H2. The Balaban J connectivity index is 1.46. The summed E-state index contributed by atoms with van der Waals surface area (Å²) in [5, 5.41) is 0.259. The molecule has 6 nitrogen and oxygen atoms in total. The van der Waals surface area contributed by atoms with E-state index in [1.165, 1.54) is 30.6 Å². The Kier molecular flexibility index (Phi) is 5.17. The lowest BCUT2D eigenvalue weighted by Gasteiger charge is -2.07. The second-order valence-electron chi connectivity index (χ2n) is 6.52.